The van der Waals surface area contributed by atoms with Gasteiger partial charge in [0, 0.05) is 0 Å². The fourth-order valence-corrected chi connectivity index (χ4v) is 0.329. The third kappa shape index (κ3) is 4.44. The van der Waals surface area contributed by atoms with E-state index >= 15 is 0 Å². The summed E-state index contributed by atoms with van der Waals surface area (Å²) in [6.45, 7) is 3.21. The number of carbonyl (C=O) groups excluding carboxylic acids is 2. The van der Waals surface area contributed by atoms with Gasteiger partial charge in [0.15, 0.2) is 0 Å². The van der Waals surface area contributed by atoms with Crippen LogP contribution in [0.5, 0.6) is 0 Å². The predicted molar refractivity (Wildman–Crippen MR) is 34.6 cm³/mol. The summed E-state index contributed by atoms with van der Waals surface area (Å²) in [5.74, 6) is -0.0417. The van der Waals surface area contributed by atoms with Gasteiger partial charge in [0.2, 0.25) is 0 Å². The lowest BCUT2D eigenvalue weighted by atomic mass is 10.7. The van der Waals surface area contributed by atoms with Crippen molar-refractivity contribution in [1.29, 1.82) is 0 Å². The second-order valence-electron chi connectivity index (χ2n) is 1.46. The molecule has 0 saturated heterocycles. The SMILES string of the molecule is C=C(NC(N)=O)NC(N)=O. The van der Waals surface area contributed by atoms with Gasteiger partial charge in [0.25, 0.3) is 0 Å². The topological polar surface area (TPSA) is 110 Å². The predicted octanol–water partition coefficient (Wildman–Crippen LogP) is -1.21. The van der Waals surface area contributed by atoms with Crippen LogP contribution in [0.3, 0.4) is 0 Å². The third-order valence-corrected chi connectivity index (χ3v) is 0.548. The highest BCUT2D eigenvalue weighted by Crippen LogP contribution is 1.72. The molecule has 6 heteroatoms. The van der Waals surface area contributed by atoms with Crippen LogP contribution in [0.4, 0.5) is 9.59 Å². The van der Waals surface area contributed by atoms with Crippen molar-refractivity contribution in [2.24, 2.45) is 11.5 Å². The van der Waals surface area contributed by atoms with Crippen molar-refractivity contribution in [3.8, 4) is 0 Å². The van der Waals surface area contributed by atoms with Crippen molar-refractivity contribution in [2.45, 2.75) is 0 Å². The van der Waals surface area contributed by atoms with Crippen LogP contribution in [0.2, 0.25) is 0 Å². The zero-order valence-corrected chi connectivity index (χ0v) is 5.18. The molecule has 0 aliphatic carbocycles. The maximum atomic E-state index is 10.0. The first-order chi connectivity index (χ1) is 4.52. The molecule has 4 amide bonds. The first-order valence-corrected chi connectivity index (χ1v) is 2.34. The average Bonchev–Trinajstić information content (AvgIpc) is 1.58. The van der Waals surface area contributed by atoms with E-state index in [9.17, 15) is 9.59 Å². The number of rotatable bonds is 2. The van der Waals surface area contributed by atoms with Crippen LogP contribution < -0.4 is 22.1 Å². The summed E-state index contributed by atoms with van der Waals surface area (Å²) in [7, 11) is 0. The van der Waals surface area contributed by atoms with E-state index in [-0.39, 0.29) is 5.82 Å². The summed E-state index contributed by atoms with van der Waals surface area (Å²) in [4.78, 5) is 20.1. The first kappa shape index (κ1) is 8.28. The Labute approximate surface area is 57.2 Å². The van der Waals surface area contributed by atoms with Crippen molar-refractivity contribution in [1.82, 2.24) is 10.6 Å². The molecule has 0 saturated carbocycles. The molecule has 6 N–H and O–H groups in total. The molecular weight excluding hydrogens is 136 g/mol. The van der Waals surface area contributed by atoms with E-state index in [0.717, 1.165) is 0 Å². The normalized spacial score (nSPS) is 8.00. The molecule has 10 heavy (non-hydrogen) atoms. The largest absolute Gasteiger partial charge is 0.351 e. The number of hydrogen-bond acceptors (Lipinski definition) is 2. The van der Waals surface area contributed by atoms with E-state index in [1.165, 1.54) is 0 Å². The van der Waals surface area contributed by atoms with Gasteiger partial charge in [-0.2, -0.15) is 0 Å². The molecule has 0 aromatic rings. The molecule has 0 fully saturated rings. The first-order valence-electron chi connectivity index (χ1n) is 2.34. The van der Waals surface area contributed by atoms with Crippen LogP contribution in [-0.4, -0.2) is 12.1 Å². The lowest BCUT2D eigenvalue weighted by molar-refractivity contribution is 0.247. The molecule has 0 spiro atoms. The van der Waals surface area contributed by atoms with Gasteiger partial charge >= 0.3 is 12.1 Å². The Morgan fingerprint density at radius 3 is 1.60 bits per heavy atom. The van der Waals surface area contributed by atoms with Gasteiger partial charge in [0.05, 0.1) is 0 Å². The number of primary amides is 2. The molecule has 0 radical (unpaired) electrons. The van der Waals surface area contributed by atoms with Crippen molar-refractivity contribution < 1.29 is 9.59 Å². The molecule has 0 aromatic carbocycles. The molecule has 0 bridgehead atoms. The maximum Gasteiger partial charge on any atom is 0.317 e. The minimum absolute atomic E-state index is 0.0417. The van der Waals surface area contributed by atoms with E-state index in [1.807, 2.05) is 10.6 Å². The maximum absolute atomic E-state index is 10.0. The highest BCUT2D eigenvalue weighted by molar-refractivity contribution is 5.77. The minimum Gasteiger partial charge on any atom is -0.351 e. The summed E-state index contributed by atoms with van der Waals surface area (Å²) in [5.41, 5.74) is 9.33. The van der Waals surface area contributed by atoms with E-state index in [2.05, 4.69) is 18.0 Å². The van der Waals surface area contributed by atoms with Gasteiger partial charge in [-0.25, -0.2) is 9.59 Å². The smallest absolute Gasteiger partial charge is 0.317 e. The van der Waals surface area contributed by atoms with Crippen LogP contribution in [0, 0.1) is 0 Å². The zero-order valence-electron chi connectivity index (χ0n) is 5.18. The molecule has 6 nitrogen and oxygen atoms in total. The molecule has 0 atom stereocenters. The Kier molecular flexibility index (Phi) is 2.76. The standard InChI is InChI=1S/C4H8N4O2/c1-2(7-3(5)9)8-4(6)10/h1H2,(H3,5,7,9)(H3,6,8,10). The van der Waals surface area contributed by atoms with Gasteiger partial charge in [-0.3, -0.25) is 10.6 Å². The van der Waals surface area contributed by atoms with E-state index in [1.54, 1.807) is 0 Å². The summed E-state index contributed by atoms with van der Waals surface area (Å²) >= 11 is 0. The third-order valence-electron chi connectivity index (χ3n) is 0.548. The Bertz CT molecular complexity index is 158. The van der Waals surface area contributed by atoms with Crippen LogP contribution in [0.15, 0.2) is 12.4 Å². The second kappa shape index (κ2) is 3.33. The molecule has 56 valence electrons. The van der Waals surface area contributed by atoms with E-state index in [4.69, 9.17) is 0 Å². The fourth-order valence-electron chi connectivity index (χ4n) is 0.329. The summed E-state index contributed by atoms with van der Waals surface area (Å²) in [5, 5.41) is 4.01. The number of urea groups is 2. The molecule has 0 heterocycles. The monoisotopic (exact) mass is 144 g/mol. The van der Waals surface area contributed by atoms with Gasteiger partial charge < -0.3 is 11.5 Å². The van der Waals surface area contributed by atoms with Crippen molar-refractivity contribution in [3.05, 3.63) is 12.4 Å². The Morgan fingerprint density at radius 2 is 1.40 bits per heavy atom. The van der Waals surface area contributed by atoms with Gasteiger partial charge in [-0.1, -0.05) is 6.58 Å². The number of carbonyl (C=O) groups is 2. The molecule has 0 aliphatic rings. The van der Waals surface area contributed by atoms with E-state index < -0.39 is 12.1 Å². The number of nitrogens with two attached hydrogens (primary N) is 2. The average molecular weight is 144 g/mol. The van der Waals surface area contributed by atoms with Crippen LogP contribution in [0.1, 0.15) is 0 Å². The fraction of sp³-hybridized carbons (Fsp3) is 0. The van der Waals surface area contributed by atoms with Crippen molar-refractivity contribution >= 4 is 12.1 Å². The lowest BCUT2D eigenvalue weighted by Gasteiger charge is -2.03. The van der Waals surface area contributed by atoms with Crippen molar-refractivity contribution in [2.75, 3.05) is 0 Å². The van der Waals surface area contributed by atoms with E-state index in [0.29, 0.717) is 0 Å². The van der Waals surface area contributed by atoms with Crippen molar-refractivity contribution in [3.63, 3.8) is 0 Å². The van der Waals surface area contributed by atoms with Crippen LogP contribution in [-0.2, 0) is 0 Å². The highest BCUT2D eigenvalue weighted by Gasteiger charge is 1.97. The van der Waals surface area contributed by atoms with Gasteiger partial charge in [-0.15, -0.1) is 0 Å². The molecule has 0 rings (SSSR count). The van der Waals surface area contributed by atoms with Gasteiger partial charge in [0.1, 0.15) is 5.82 Å². The second-order valence-corrected chi connectivity index (χ2v) is 1.46. The highest BCUT2D eigenvalue weighted by atomic mass is 16.2. The Hall–Kier alpha value is -1.72. The number of amides is 4. The zero-order chi connectivity index (χ0) is 8.15. The summed E-state index contributed by atoms with van der Waals surface area (Å²) in [6, 6.07) is -1.61. The number of nitrogens with one attached hydrogen (secondary N) is 2. The lowest BCUT2D eigenvalue weighted by Crippen LogP contribution is -2.39. The Morgan fingerprint density at radius 1 is 1.10 bits per heavy atom. The van der Waals surface area contributed by atoms with Crippen LogP contribution in [0.25, 0.3) is 0 Å². The van der Waals surface area contributed by atoms with Crippen LogP contribution >= 0.6 is 0 Å². The summed E-state index contributed by atoms with van der Waals surface area (Å²) < 4.78 is 0. The molecule has 0 aliphatic heterocycles. The van der Waals surface area contributed by atoms with Gasteiger partial charge in [-0.05, 0) is 0 Å². The number of hydrogen-bond donors (Lipinski definition) is 4. The quantitative estimate of drug-likeness (QED) is 0.390. The molecule has 0 unspecified atom stereocenters. The minimum atomic E-state index is -0.807. The molecule has 0 aromatic heterocycles. The molecular formula is C4H8N4O2. The summed E-state index contributed by atoms with van der Waals surface area (Å²) in [6.07, 6.45) is 0. The Balaban J connectivity index is 3.65.